The lowest BCUT2D eigenvalue weighted by Gasteiger charge is -2.13. The lowest BCUT2D eigenvalue weighted by molar-refractivity contribution is 0.256. The maximum atomic E-state index is 13.0. The largest absolute Gasteiger partial charge is 0.493 e. The third-order valence-electron chi connectivity index (χ3n) is 2.41. The highest BCUT2D eigenvalue weighted by atomic mass is 19.1. The van der Waals surface area contributed by atoms with Gasteiger partial charge in [-0.15, -0.1) is 0 Å². The first-order chi connectivity index (χ1) is 7.63. The first kappa shape index (κ1) is 13.0. The molecule has 2 nitrogen and oxygen atoms in total. The van der Waals surface area contributed by atoms with E-state index in [0.717, 1.165) is 18.8 Å². The van der Waals surface area contributed by atoms with E-state index in [1.54, 1.807) is 19.1 Å². The van der Waals surface area contributed by atoms with Crippen LogP contribution in [0, 0.1) is 18.7 Å². The minimum atomic E-state index is -0.187. The fourth-order valence-corrected chi connectivity index (χ4v) is 1.40. The van der Waals surface area contributed by atoms with Crippen LogP contribution in [-0.4, -0.2) is 19.7 Å². The molecule has 0 aliphatic heterocycles. The Morgan fingerprint density at radius 1 is 1.44 bits per heavy atom. The molecule has 90 valence electrons. The van der Waals surface area contributed by atoms with Gasteiger partial charge in [0, 0.05) is 12.5 Å². The predicted octanol–water partition coefficient (Wildman–Crippen LogP) is 2.76. The zero-order valence-electron chi connectivity index (χ0n) is 10.2. The molecule has 0 bridgehead atoms. The van der Waals surface area contributed by atoms with Gasteiger partial charge < -0.3 is 10.1 Å². The number of hydrogen-bond acceptors (Lipinski definition) is 2. The molecule has 1 atom stereocenters. The highest BCUT2D eigenvalue weighted by molar-refractivity contribution is 5.28. The highest BCUT2D eigenvalue weighted by Crippen LogP contribution is 2.16. The lowest BCUT2D eigenvalue weighted by Crippen LogP contribution is -2.24. The van der Waals surface area contributed by atoms with Crippen molar-refractivity contribution in [2.75, 3.05) is 19.7 Å². The molecule has 0 heterocycles. The molecule has 0 aliphatic carbocycles. The third kappa shape index (κ3) is 4.19. The number of hydrogen-bond donors (Lipinski definition) is 1. The van der Waals surface area contributed by atoms with Crippen LogP contribution in [0.4, 0.5) is 4.39 Å². The van der Waals surface area contributed by atoms with Crippen LogP contribution >= 0.6 is 0 Å². The summed E-state index contributed by atoms with van der Waals surface area (Å²) in [5.41, 5.74) is 0.622. The van der Waals surface area contributed by atoms with Crippen LogP contribution in [-0.2, 0) is 0 Å². The molecule has 1 unspecified atom stereocenters. The van der Waals surface area contributed by atoms with Crippen molar-refractivity contribution >= 4 is 0 Å². The minimum Gasteiger partial charge on any atom is -0.493 e. The smallest absolute Gasteiger partial charge is 0.126 e. The van der Waals surface area contributed by atoms with E-state index >= 15 is 0 Å². The van der Waals surface area contributed by atoms with Crippen molar-refractivity contribution in [3.63, 3.8) is 0 Å². The first-order valence-electron chi connectivity index (χ1n) is 5.73. The molecular weight excluding hydrogens is 205 g/mol. The van der Waals surface area contributed by atoms with Gasteiger partial charge in [0.25, 0.3) is 0 Å². The van der Waals surface area contributed by atoms with Crippen LogP contribution in [0.15, 0.2) is 18.2 Å². The van der Waals surface area contributed by atoms with Gasteiger partial charge in [-0.05, 0) is 37.2 Å². The van der Waals surface area contributed by atoms with E-state index in [0.29, 0.717) is 18.1 Å². The molecule has 0 aliphatic rings. The van der Waals surface area contributed by atoms with E-state index in [9.17, 15) is 4.39 Å². The molecule has 0 saturated heterocycles. The topological polar surface area (TPSA) is 21.3 Å². The van der Waals surface area contributed by atoms with Crippen LogP contribution in [0.2, 0.25) is 0 Å². The van der Waals surface area contributed by atoms with Gasteiger partial charge in [-0.3, -0.25) is 0 Å². The quantitative estimate of drug-likeness (QED) is 0.803. The van der Waals surface area contributed by atoms with Gasteiger partial charge in [0.1, 0.15) is 11.6 Å². The monoisotopic (exact) mass is 225 g/mol. The Bertz CT molecular complexity index is 328. The summed E-state index contributed by atoms with van der Waals surface area (Å²) in [5.74, 6) is 1.00. The van der Waals surface area contributed by atoms with Crippen molar-refractivity contribution in [1.29, 1.82) is 0 Å². The molecule has 3 heteroatoms. The maximum absolute atomic E-state index is 13.0. The Balaban J connectivity index is 2.39. The molecular formula is C13H20FNO. The summed E-state index contributed by atoms with van der Waals surface area (Å²) in [6.07, 6.45) is 0. The summed E-state index contributed by atoms with van der Waals surface area (Å²) in [7, 11) is 0. The molecule has 1 aromatic carbocycles. The maximum Gasteiger partial charge on any atom is 0.126 e. The molecule has 0 amide bonds. The predicted molar refractivity (Wildman–Crippen MR) is 64.3 cm³/mol. The van der Waals surface area contributed by atoms with Crippen molar-refractivity contribution in [3.8, 4) is 5.75 Å². The summed E-state index contributed by atoms with van der Waals surface area (Å²) < 4.78 is 18.6. The minimum absolute atomic E-state index is 0.187. The van der Waals surface area contributed by atoms with E-state index in [4.69, 9.17) is 4.74 Å². The molecule has 1 rings (SSSR count). The van der Waals surface area contributed by atoms with Crippen LogP contribution in [0.3, 0.4) is 0 Å². The van der Waals surface area contributed by atoms with Gasteiger partial charge >= 0.3 is 0 Å². The summed E-state index contributed by atoms with van der Waals surface area (Å²) in [6, 6.07) is 4.84. The van der Waals surface area contributed by atoms with E-state index in [2.05, 4.69) is 19.2 Å². The molecule has 0 saturated carbocycles. The molecule has 0 fully saturated rings. The molecule has 1 N–H and O–H groups in total. The Labute approximate surface area is 96.8 Å². The van der Waals surface area contributed by atoms with Crippen molar-refractivity contribution in [3.05, 3.63) is 29.6 Å². The molecule has 0 aromatic heterocycles. The van der Waals surface area contributed by atoms with E-state index < -0.39 is 0 Å². The standard InChI is InChI=1S/C13H20FNO/c1-4-15-8-10(2)9-16-12-5-6-13(14)11(3)7-12/h5-7,10,15H,4,8-9H2,1-3H3. The second-order valence-electron chi connectivity index (χ2n) is 4.13. The van der Waals surface area contributed by atoms with Gasteiger partial charge in [0.15, 0.2) is 0 Å². The Morgan fingerprint density at radius 2 is 2.19 bits per heavy atom. The number of aryl methyl sites for hydroxylation is 1. The van der Waals surface area contributed by atoms with Crippen molar-refractivity contribution < 1.29 is 9.13 Å². The number of halogens is 1. The van der Waals surface area contributed by atoms with Crippen LogP contribution in [0.5, 0.6) is 5.75 Å². The third-order valence-corrected chi connectivity index (χ3v) is 2.41. The van der Waals surface area contributed by atoms with Gasteiger partial charge in [-0.1, -0.05) is 13.8 Å². The van der Waals surface area contributed by atoms with Gasteiger partial charge in [-0.2, -0.15) is 0 Å². The fourth-order valence-electron chi connectivity index (χ4n) is 1.40. The second-order valence-corrected chi connectivity index (χ2v) is 4.13. The molecule has 1 aromatic rings. The van der Waals surface area contributed by atoms with E-state index in [1.165, 1.54) is 6.07 Å². The van der Waals surface area contributed by atoms with E-state index in [1.807, 2.05) is 0 Å². The summed E-state index contributed by atoms with van der Waals surface area (Å²) in [4.78, 5) is 0. The Kier molecular flexibility index (Phi) is 5.26. The zero-order chi connectivity index (χ0) is 12.0. The fraction of sp³-hybridized carbons (Fsp3) is 0.538. The van der Waals surface area contributed by atoms with E-state index in [-0.39, 0.29) is 5.82 Å². The van der Waals surface area contributed by atoms with Crippen molar-refractivity contribution in [2.24, 2.45) is 5.92 Å². The molecule has 0 radical (unpaired) electrons. The van der Waals surface area contributed by atoms with Crippen LogP contribution < -0.4 is 10.1 Å². The van der Waals surface area contributed by atoms with Gasteiger partial charge in [-0.25, -0.2) is 4.39 Å². The van der Waals surface area contributed by atoms with Gasteiger partial charge in [0.2, 0.25) is 0 Å². The second kappa shape index (κ2) is 6.48. The Hall–Kier alpha value is -1.09. The number of rotatable bonds is 6. The summed E-state index contributed by atoms with van der Waals surface area (Å²) >= 11 is 0. The molecule has 0 spiro atoms. The molecule has 16 heavy (non-hydrogen) atoms. The first-order valence-corrected chi connectivity index (χ1v) is 5.73. The number of nitrogens with one attached hydrogen (secondary N) is 1. The van der Waals surface area contributed by atoms with Crippen LogP contribution in [0.1, 0.15) is 19.4 Å². The lowest BCUT2D eigenvalue weighted by atomic mass is 10.2. The van der Waals surface area contributed by atoms with Gasteiger partial charge in [0.05, 0.1) is 6.61 Å². The number of benzene rings is 1. The average Bonchev–Trinajstić information content (AvgIpc) is 2.28. The Morgan fingerprint density at radius 3 is 2.81 bits per heavy atom. The summed E-state index contributed by atoms with van der Waals surface area (Å²) in [5, 5.41) is 3.26. The summed E-state index contributed by atoms with van der Waals surface area (Å²) in [6.45, 7) is 8.51. The number of ether oxygens (including phenoxy) is 1. The van der Waals surface area contributed by atoms with Crippen LogP contribution in [0.25, 0.3) is 0 Å². The zero-order valence-corrected chi connectivity index (χ0v) is 10.2. The normalized spacial score (nSPS) is 12.5. The highest BCUT2D eigenvalue weighted by Gasteiger charge is 2.04. The SMILES string of the molecule is CCNCC(C)COc1ccc(F)c(C)c1. The average molecular weight is 225 g/mol. The van der Waals surface area contributed by atoms with Crippen molar-refractivity contribution in [1.82, 2.24) is 5.32 Å². The van der Waals surface area contributed by atoms with Crippen molar-refractivity contribution in [2.45, 2.75) is 20.8 Å².